The molecule has 0 atom stereocenters. The summed E-state index contributed by atoms with van der Waals surface area (Å²) < 4.78 is 13.0. The van der Waals surface area contributed by atoms with Crippen LogP contribution in [0.15, 0.2) is 12.1 Å². The molecule has 0 aromatic heterocycles. The number of benzene rings is 1. The molecule has 1 N–H and O–H groups in total. The summed E-state index contributed by atoms with van der Waals surface area (Å²) in [7, 11) is 0. The van der Waals surface area contributed by atoms with Crippen LogP contribution in [0.2, 0.25) is 5.02 Å². The van der Waals surface area contributed by atoms with E-state index in [0.717, 1.165) is 11.8 Å². The molecule has 0 amide bonds. The van der Waals surface area contributed by atoms with Crippen LogP contribution >= 0.6 is 23.4 Å². The fourth-order valence-electron chi connectivity index (χ4n) is 1.12. The minimum Gasteiger partial charge on any atom is -0.379 e. The lowest BCUT2D eigenvalue weighted by molar-refractivity contribution is -0.384. The predicted molar refractivity (Wildman–Crippen MR) is 64.9 cm³/mol. The maximum Gasteiger partial charge on any atom is 0.295 e. The van der Waals surface area contributed by atoms with Gasteiger partial charge in [0.2, 0.25) is 0 Å². The second-order valence-electron chi connectivity index (χ2n) is 2.96. The summed E-state index contributed by atoms with van der Waals surface area (Å²) in [6, 6.07) is 2.05. The molecule has 7 heteroatoms. The fourth-order valence-corrected chi connectivity index (χ4v) is 1.59. The van der Waals surface area contributed by atoms with Gasteiger partial charge in [0.25, 0.3) is 5.69 Å². The van der Waals surface area contributed by atoms with Crippen LogP contribution < -0.4 is 5.32 Å². The van der Waals surface area contributed by atoms with Gasteiger partial charge in [-0.15, -0.1) is 0 Å². The number of nitrogens with one attached hydrogen (secondary N) is 1. The third kappa shape index (κ3) is 3.24. The molecule has 0 aliphatic carbocycles. The van der Waals surface area contributed by atoms with Gasteiger partial charge in [0.05, 0.1) is 16.0 Å². The van der Waals surface area contributed by atoms with E-state index < -0.39 is 10.7 Å². The SMILES string of the molecule is CSCCNc1cc(Cl)c(F)cc1[N+](=O)[O-]. The van der Waals surface area contributed by atoms with Gasteiger partial charge in [0.1, 0.15) is 11.5 Å². The number of rotatable bonds is 5. The molecule has 0 spiro atoms. The molecule has 4 nitrogen and oxygen atoms in total. The van der Waals surface area contributed by atoms with Crippen molar-refractivity contribution in [3.63, 3.8) is 0 Å². The average molecular weight is 265 g/mol. The van der Waals surface area contributed by atoms with Crippen LogP contribution in [0.25, 0.3) is 0 Å². The molecule has 0 heterocycles. The average Bonchev–Trinajstić information content (AvgIpc) is 2.23. The van der Waals surface area contributed by atoms with Gasteiger partial charge < -0.3 is 5.32 Å². The van der Waals surface area contributed by atoms with Gasteiger partial charge in [-0.25, -0.2) is 4.39 Å². The van der Waals surface area contributed by atoms with E-state index in [4.69, 9.17) is 11.6 Å². The zero-order chi connectivity index (χ0) is 12.1. The van der Waals surface area contributed by atoms with Crippen molar-refractivity contribution < 1.29 is 9.31 Å². The van der Waals surface area contributed by atoms with Crippen molar-refractivity contribution in [3.8, 4) is 0 Å². The Labute approximate surface area is 101 Å². The van der Waals surface area contributed by atoms with Crippen molar-refractivity contribution in [1.29, 1.82) is 0 Å². The lowest BCUT2D eigenvalue weighted by Crippen LogP contribution is -2.06. The highest BCUT2D eigenvalue weighted by atomic mass is 35.5. The lowest BCUT2D eigenvalue weighted by Gasteiger charge is -2.07. The Balaban J connectivity index is 2.95. The Morgan fingerprint density at radius 2 is 2.31 bits per heavy atom. The number of nitro benzene ring substituents is 1. The highest BCUT2D eigenvalue weighted by molar-refractivity contribution is 7.98. The molecule has 0 bridgehead atoms. The Hall–Kier alpha value is -1.01. The second kappa shape index (κ2) is 5.91. The topological polar surface area (TPSA) is 55.2 Å². The number of hydrogen-bond donors (Lipinski definition) is 1. The van der Waals surface area contributed by atoms with Gasteiger partial charge in [-0.2, -0.15) is 11.8 Å². The standard InChI is InChI=1S/C9H10ClFN2O2S/c1-16-3-2-12-8-4-6(10)7(11)5-9(8)13(14)15/h4-5,12H,2-3H2,1H3. The summed E-state index contributed by atoms with van der Waals surface area (Å²) in [6.45, 7) is 0.559. The number of thioether (sulfide) groups is 1. The Bertz CT molecular complexity index is 403. The van der Waals surface area contributed by atoms with Gasteiger partial charge in [0, 0.05) is 12.3 Å². The first-order chi connectivity index (χ1) is 7.56. The molecule has 0 aliphatic rings. The molecule has 1 rings (SSSR count). The first-order valence-electron chi connectivity index (χ1n) is 4.42. The molecular formula is C9H10ClFN2O2S. The highest BCUT2D eigenvalue weighted by Gasteiger charge is 2.17. The molecule has 0 fully saturated rings. The van der Waals surface area contributed by atoms with Crippen molar-refractivity contribution >= 4 is 34.7 Å². The minimum absolute atomic E-state index is 0.128. The van der Waals surface area contributed by atoms with E-state index in [1.54, 1.807) is 11.8 Å². The van der Waals surface area contributed by atoms with E-state index in [2.05, 4.69) is 5.32 Å². The highest BCUT2D eigenvalue weighted by Crippen LogP contribution is 2.30. The molecule has 1 aromatic rings. The summed E-state index contributed by atoms with van der Waals surface area (Å²) >= 11 is 7.16. The maximum atomic E-state index is 13.0. The first-order valence-corrected chi connectivity index (χ1v) is 6.19. The van der Waals surface area contributed by atoms with Gasteiger partial charge >= 0.3 is 0 Å². The monoisotopic (exact) mass is 264 g/mol. The van der Waals surface area contributed by atoms with Gasteiger partial charge in [-0.3, -0.25) is 10.1 Å². The van der Waals surface area contributed by atoms with Crippen LogP contribution in [-0.4, -0.2) is 23.5 Å². The molecule has 0 radical (unpaired) electrons. The van der Waals surface area contributed by atoms with E-state index in [1.165, 1.54) is 6.07 Å². The summed E-state index contributed by atoms with van der Waals surface area (Å²) in [5.41, 5.74) is -0.0616. The van der Waals surface area contributed by atoms with E-state index in [-0.39, 0.29) is 16.4 Å². The molecule has 1 aromatic carbocycles. The summed E-state index contributed by atoms with van der Waals surface area (Å²) in [5, 5.41) is 13.4. The summed E-state index contributed by atoms with van der Waals surface area (Å²) in [6.07, 6.45) is 1.92. The van der Waals surface area contributed by atoms with E-state index >= 15 is 0 Å². The van der Waals surface area contributed by atoms with Gasteiger partial charge in [-0.05, 0) is 12.3 Å². The van der Waals surface area contributed by atoms with Gasteiger partial charge in [0.15, 0.2) is 0 Å². The predicted octanol–water partition coefficient (Wildman–Crippen LogP) is 3.16. The third-order valence-corrected chi connectivity index (χ3v) is 2.76. The summed E-state index contributed by atoms with van der Waals surface area (Å²) in [4.78, 5) is 10.0. The Morgan fingerprint density at radius 1 is 1.62 bits per heavy atom. The van der Waals surface area contributed by atoms with Crippen molar-refractivity contribution in [1.82, 2.24) is 0 Å². The molecule has 0 aliphatic heterocycles. The number of anilines is 1. The second-order valence-corrected chi connectivity index (χ2v) is 4.35. The lowest BCUT2D eigenvalue weighted by atomic mass is 10.2. The first kappa shape index (κ1) is 13.1. The van der Waals surface area contributed by atoms with Crippen molar-refractivity contribution in [2.24, 2.45) is 0 Å². The van der Waals surface area contributed by atoms with E-state index in [1.807, 2.05) is 6.26 Å². The Kier molecular flexibility index (Phi) is 4.82. The van der Waals surface area contributed by atoms with Crippen molar-refractivity contribution in [3.05, 3.63) is 33.1 Å². The number of nitrogens with zero attached hydrogens (tertiary/aromatic N) is 1. The minimum atomic E-state index is -0.788. The molecule has 0 saturated carbocycles. The number of halogens is 2. The van der Waals surface area contributed by atoms with Crippen LogP contribution in [-0.2, 0) is 0 Å². The fraction of sp³-hybridized carbons (Fsp3) is 0.333. The molecule has 88 valence electrons. The van der Waals surface area contributed by atoms with Crippen LogP contribution in [0, 0.1) is 15.9 Å². The molecule has 0 unspecified atom stereocenters. The molecule has 16 heavy (non-hydrogen) atoms. The van der Waals surface area contributed by atoms with E-state index in [0.29, 0.717) is 6.54 Å². The normalized spacial score (nSPS) is 10.2. The van der Waals surface area contributed by atoms with Gasteiger partial charge in [-0.1, -0.05) is 11.6 Å². The Morgan fingerprint density at radius 3 is 2.88 bits per heavy atom. The molecule has 0 saturated heterocycles. The molecular weight excluding hydrogens is 255 g/mol. The largest absolute Gasteiger partial charge is 0.379 e. The number of nitro groups is 1. The quantitative estimate of drug-likeness (QED) is 0.504. The van der Waals surface area contributed by atoms with Crippen molar-refractivity contribution in [2.45, 2.75) is 0 Å². The smallest absolute Gasteiger partial charge is 0.295 e. The zero-order valence-electron chi connectivity index (χ0n) is 8.50. The van der Waals surface area contributed by atoms with Crippen LogP contribution in [0.4, 0.5) is 15.8 Å². The number of hydrogen-bond acceptors (Lipinski definition) is 4. The van der Waals surface area contributed by atoms with Crippen LogP contribution in [0.3, 0.4) is 0 Å². The maximum absolute atomic E-state index is 13.0. The third-order valence-electron chi connectivity index (χ3n) is 1.86. The van der Waals surface area contributed by atoms with Crippen molar-refractivity contribution in [2.75, 3.05) is 23.9 Å². The van der Waals surface area contributed by atoms with E-state index in [9.17, 15) is 14.5 Å². The van der Waals surface area contributed by atoms with Crippen LogP contribution in [0.1, 0.15) is 0 Å². The zero-order valence-corrected chi connectivity index (χ0v) is 10.1. The summed E-state index contributed by atoms with van der Waals surface area (Å²) in [5.74, 6) is 0.00960. The van der Waals surface area contributed by atoms with Crippen LogP contribution in [0.5, 0.6) is 0 Å².